The van der Waals surface area contributed by atoms with E-state index in [2.05, 4.69) is 4.90 Å². The third-order valence-electron chi connectivity index (χ3n) is 3.84. The largest absolute Gasteiger partial charge is 0.342 e. The number of nitrogens with zero attached hydrogens (tertiary/aromatic N) is 2. The maximum Gasteiger partial charge on any atom is 0.237 e. The van der Waals surface area contributed by atoms with Crippen molar-refractivity contribution in [2.24, 2.45) is 0 Å². The molecule has 100 valence electrons. The van der Waals surface area contributed by atoms with E-state index in [0.717, 1.165) is 25.9 Å². The lowest BCUT2D eigenvalue weighted by molar-refractivity contribution is -0.130. The molecule has 0 radical (unpaired) electrons. The molecule has 0 aromatic heterocycles. The summed E-state index contributed by atoms with van der Waals surface area (Å²) < 4.78 is 0. The Morgan fingerprint density at radius 1 is 1.06 bits per heavy atom. The van der Waals surface area contributed by atoms with Crippen LogP contribution >= 0.6 is 24.0 Å². The number of rotatable bonds is 2. The minimum atomic E-state index is 0. The summed E-state index contributed by atoms with van der Waals surface area (Å²) in [6.07, 6.45) is 6.34. The van der Waals surface area contributed by atoms with Gasteiger partial charge in [0.05, 0.1) is 0 Å². The molecule has 0 bridgehead atoms. The number of piperidine rings is 2. The molecule has 2 heterocycles. The van der Waals surface area contributed by atoms with Gasteiger partial charge in [0.15, 0.2) is 0 Å². The van der Waals surface area contributed by atoms with Crippen molar-refractivity contribution in [2.45, 2.75) is 38.1 Å². The first kappa shape index (κ1) is 15.1. The van der Waals surface area contributed by atoms with Gasteiger partial charge in [-0.2, -0.15) is 0 Å². The average molecular weight is 281 g/mol. The van der Waals surface area contributed by atoms with Gasteiger partial charge in [0.2, 0.25) is 5.91 Å². The number of amides is 1. The zero-order valence-electron chi connectivity index (χ0n) is 10.2. The molecule has 2 rings (SSSR count). The van der Waals surface area contributed by atoms with E-state index in [1.54, 1.807) is 0 Å². The number of carbonyl (C=O) groups is 1. The highest BCUT2D eigenvalue weighted by Gasteiger charge is 2.26. The SMILES string of the molecule is Cl.O=C(CCl)N1CCC(N2CCCCC2)CC1. The molecule has 2 aliphatic rings. The molecule has 17 heavy (non-hydrogen) atoms. The maximum atomic E-state index is 11.4. The minimum absolute atomic E-state index is 0. The second kappa shape index (κ2) is 7.45. The minimum Gasteiger partial charge on any atom is -0.342 e. The molecule has 2 fully saturated rings. The summed E-state index contributed by atoms with van der Waals surface area (Å²) in [4.78, 5) is 16.0. The maximum absolute atomic E-state index is 11.4. The van der Waals surface area contributed by atoms with Gasteiger partial charge in [0.1, 0.15) is 5.88 Å². The molecule has 0 atom stereocenters. The van der Waals surface area contributed by atoms with Crippen LogP contribution in [0.2, 0.25) is 0 Å². The molecule has 3 nitrogen and oxygen atoms in total. The van der Waals surface area contributed by atoms with Gasteiger partial charge >= 0.3 is 0 Å². The predicted molar refractivity (Wildman–Crippen MR) is 73.0 cm³/mol. The fourth-order valence-electron chi connectivity index (χ4n) is 2.85. The standard InChI is InChI=1S/C12H21ClN2O.ClH/c13-10-12(16)15-8-4-11(5-9-15)14-6-2-1-3-7-14;/h11H,1-10H2;1H. The highest BCUT2D eigenvalue weighted by molar-refractivity contribution is 6.27. The number of halogens is 2. The van der Waals surface area contributed by atoms with Gasteiger partial charge in [-0.15, -0.1) is 24.0 Å². The molecule has 0 N–H and O–H groups in total. The lowest BCUT2D eigenvalue weighted by atomic mass is 10.00. The molecule has 0 spiro atoms. The van der Waals surface area contributed by atoms with Crippen LogP contribution in [0.15, 0.2) is 0 Å². The summed E-state index contributed by atoms with van der Waals surface area (Å²) in [7, 11) is 0. The van der Waals surface area contributed by atoms with Crippen molar-refractivity contribution < 1.29 is 4.79 Å². The van der Waals surface area contributed by atoms with Gasteiger partial charge in [0.25, 0.3) is 0 Å². The van der Waals surface area contributed by atoms with E-state index in [0.29, 0.717) is 6.04 Å². The first-order valence-electron chi connectivity index (χ1n) is 6.39. The van der Waals surface area contributed by atoms with E-state index in [1.165, 1.54) is 32.4 Å². The molecular weight excluding hydrogens is 259 g/mol. The predicted octanol–water partition coefficient (Wildman–Crippen LogP) is 2.12. The molecule has 0 aromatic rings. The van der Waals surface area contributed by atoms with E-state index >= 15 is 0 Å². The highest BCUT2D eigenvalue weighted by Crippen LogP contribution is 2.20. The molecule has 1 amide bonds. The summed E-state index contributed by atoms with van der Waals surface area (Å²) in [5.74, 6) is 0.229. The molecule has 0 aliphatic carbocycles. The van der Waals surface area contributed by atoms with Crippen molar-refractivity contribution in [3.05, 3.63) is 0 Å². The molecule has 0 saturated carbocycles. The zero-order chi connectivity index (χ0) is 11.4. The third kappa shape index (κ3) is 4.01. The molecule has 0 unspecified atom stereocenters. The summed E-state index contributed by atoms with van der Waals surface area (Å²) >= 11 is 5.57. The van der Waals surface area contributed by atoms with Crippen LogP contribution in [0.25, 0.3) is 0 Å². The van der Waals surface area contributed by atoms with Gasteiger partial charge in [-0.05, 0) is 38.8 Å². The van der Waals surface area contributed by atoms with Crippen molar-refractivity contribution in [3.8, 4) is 0 Å². The van der Waals surface area contributed by atoms with Crippen LogP contribution < -0.4 is 0 Å². The second-order valence-electron chi connectivity index (χ2n) is 4.84. The van der Waals surface area contributed by atoms with E-state index in [9.17, 15) is 4.79 Å². The summed E-state index contributed by atoms with van der Waals surface area (Å²) in [6.45, 7) is 4.31. The average Bonchev–Trinajstić information content (AvgIpc) is 2.39. The van der Waals surface area contributed by atoms with Crippen molar-refractivity contribution in [1.82, 2.24) is 9.80 Å². The van der Waals surface area contributed by atoms with Crippen LogP contribution in [0.4, 0.5) is 0 Å². The first-order chi connectivity index (χ1) is 7.81. The first-order valence-corrected chi connectivity index (χ1v) is 6.92. The fraction of sp³-hybridized carbons (Fsp3) is 0.917. The number of likely N-dealkylation sites (tertiary alicyclic amines) is 2. The normalized spacial score (nSPS) is 23.2. The monoisotopic (exact) mass is 280 g/mol. The van der Waals surface area contributed by atoms with Gasteiger partial charge in [-0.25, -0.2) is 0 Å². The van der Waals surface area contributed by atoms with Gasteiger partial charge in [0, 0.05) is 19.1 Å². The lowest BCUT2D eigenvalue weighted by Crippen LogP contribution is -2.48. The van der Waals surface area contributed by atoms with Gasteiger partial charge in [-0.1, -0.05) is 6.42 Å². The van der Waals surface area contributed by atoms with Crippen LogP contribution in [0.1, 0.15) is 32.1 Å². The Kier molecular flexibility index (Phi) is 6.60. The summed E-state index contributed by atoms with van der Waals surface area (Å²) in [5.41, 5.74) is 0. The lowest BCUT2D eigenvalue weighted by Gasteiger charge is -2.40. The van der Waals surface area contributed by atoms with Crippen molar-refractivity contribution in [1.29, 1.82) is 0 Å². The van der Waals surface area contributed by atoms with Crippen molar-refractivity contribution in [2.75, 3.05) is 32.1 Å². The van der Waals surface area contributed by atoms with Crippen molar-refractivity contribution >= 4 is 29.9 Å². The topological polar surface area (TPSA) is 23.6 Å². The van der Waals surface area contributed by atoms with Gasteiger partial charge < -0.3 is 9.80 Å². The van der Waals surface area contributed by atoms with Crippen LogP contribution in [0, 0.1) is 0 Å². The number of alkyl halides is 1. The molecule has 2 saturated heterocycles. The summed E-state index contributed by atoms with van der Waals surface area (Å²) in [5, 5.41) is 0. The second-order valence-corrected chi connectivity index (χ2v) is 5.11. The van der Waals surface area contributed by atoms with Crippen LogP contribution in [-0.2, 0) is 4.79 Å². The van der Waals surface area contributed by atoms with Crippen molar-refractivity contribution in [3.63, 3.8) is 0 Å². The molecule has 5 heteroatoms. The van der Waals surface area contributed by atoms with Gasteiger partial charge in [-0.3, -0.25) is 4.79 Å². The summed E-state index contributed by atoms with van der Waals surface area (Å²) in [6, 6.07) is 0.708. The molecule has 0 aromatic carbocycles. The Hall–Kier alpha value is 0.01000. The zero-order valence-corrected chi connectivity index (χ0v) is 11.8. The Morgan fingerprint density at radius 3 is 2.18 bits per heavy atom. The van der Waals surface area contributed by atoms with Crippen LogP contribution in [0.5, 0.6) is 0 Å². The Balaban J connectivity index is 0.00000144. The number of hydrogen-bond acceptors (Lipinski definition) is 2. The molecule has 2 aliphatic heterocycles. The van der Waals surface area contributed by atoms with E-state index in [1.807, 2.05) is 4.90 Å². The van der Waals surface area contributed by atoms with E-state index in [-0.39, 0.29) is 24.2 Å². The molecular formula is C12H22Cl2N2O. The Morgan fingerprint density at radius 2 is 1.65 bits per heavy atom. The third-order valence-corrected chi connectivity index (χ3v) is 4.07. The van der Waals surface area contributed by atoms with Crippen LogP contribution in [0.3, 0.4) is 0 Å². The fourth-order valence-corrected chi connectivity index (χ4v) is 3.02. The smallest absolute Gasteiger partial charge is 0.237 e. The van der Waals surface area contributed by atoms with Crippen LogP contribution in [-0.4, -0.2) is 53.8 Å². The van der Waals surface area contributed by atoms with E-state index < -0.39 is 0 Å². The number of carbonyl (C=O) groups excluding carboxylic acids is 1. The number of hydrogen-bond donors (Lipinski definition) is 0. The Labute approximate surface area is 115 Å². The Bertz CT molecular complexity index is 237. The van der Waals surface area contributed by atoms with E-state index in [4.69, 9.17) is 11.6 Å². The highest BCUT2D eigenvalue weighted by atomic mass is 35.5. The quantitative estimate of drug-likeness (QED) is 0.724.